The Morgan fingerprint density at radius 1 is 1.44 bits per heavy atom. The predicted molar refractivity (Wildman–Crippen MR) is 72.4 cm³/mol. The maximum Gasteiger partial charge on any atom is 0.315 e. The number of rotatable bonds is 6. The van der Waals surface area contributed by atoms with E-state index in [2.05, 4.69) is 24.1 Å². The van der Waals surface area contributed by atoms with Gasteiger partial charge < -0.3 is 15.7 Å². The topological polar surface area (TPSA) is 61.4 Å². The molecule has 1 aromatic carbocycles. The van der Waals surface area contributed by atoms with Crippen LogP contribution in [0.1, 0.15) is 24.1 Å². The Balaban J connectivity index is 2.64. The van der Waals surface area contributed by atoms with Crippen LogP contribution in [0.5, 0.6) is 0 Å². The minimum atomic E-state index is -0.388. The average molecular weight is 248 g/mol. The predicted octanol–water partition coefficient (Wildman–Crippen LogP) is 1.77. The molecular formula is C14H20N2O2. The molecule has 0 saturated heterocycles. The van der Waals surface area contributed by atoms with Gasteiger partial charge in [0.25, 0.3) is 0 Å². The van der Waals surface area contributed by atoms with E-state index < -0.39 is 0 Å². The van der Waals surface area contributed by atoms with E-state index in [4.69, 9.17) is 0 Å². The van der Waals surface area contributed by atoms with Gasteiger partial charge in [-0.25, -0.2) is 4.79 Å². The van der Waals surface area contributed by atoms with E-state index in [1.54, 1.807) is 6.08 Å². The smallest absolute Gasteiger partial charge is 0.315 e. The molecule has 1 rings (SSSR count). The Morgan fingerprint density at radius 2 is 2.11 bits per heavy atom. The first-order chi connectivity index (χ1) is 8.71. The number of urea groups is 1. The first-order valence-electron chi connectivity index (χ1n) is 6.06. The maximum atomic E-state index is 11.5. The zero-order valence-electron chi connectivity index (χ0n) is 10.6. The lowest BCUT2D eigenvalue weighted by Gasteiger charge is -2.17. The third-order valence-electron chi connectivity index (χ3n) is 2.69. The molecule has 1 aromatic rings. The summed E-state index contributed by atoms with van der Waals surface area (Å²) in [5.41, 5.74) is 2.12. The lowest BCUT2D eigenvalue weighted by Crippen LogP contribution is -2.39. The summed E-state index contributed by atoms with van der Waals surface area (Å²) in [6.07, 6.45) is 2.57. The molecule has 0 fully saturated rings. The van der Waals surface area contributed by atoms with Crippen molar-refractivity contribution in [3.63, 3.8) is 0 Å². The first-order valence-corrected chi connectivity index (χ1v) is 6.06. The number of hydrogen-bond acceptors (Lipinski definition) is 2. The summed E-state index contributed by atoms with van der Waals surface area (Å²) >= 11 is 0. The van der Waals surface area contributed by atoms with Crippen molar-refractivity contribution < 1.29 is 9.90 Å². The summed E-state index contributed by atoms with van der Waals surface area (Å²) in [7, 11) is 0. The third kappa shape index (κ3) is 4.22. The maximum absolute atomic E-state index is 11.5. The molecule has 1 atom stereocenters. The van der Waals surface area contributed by atoms with Crippen molar-refractivity contribution in [2.75, 3.05) is 13.2 Å². The fourth-order valence-electron chi connectivity index (χ4n) is 1.59. The molecule has 0 bridgehead atoms. The van der Waals surface area contributed by atoms with Crippen LogP contribution in [-0.2, 0) is 6.42 Å². The Labute approximate surface area is 108 Å². The molecule has 0 aliphatic rings. The minimum Gasteiger partial charge on any atom is -0.394 e. The molecule has 0 saturated carbocycles. The molecule has 18 heavy (non-hydrogen) atoms. The molecule has 0 aliphatic heterocycles. The van der Waals surface area contributed by atoms with Crippen LogP contribution < -0.4 is 10.6 Å². The molecule has 0 aliphatic carbocycles. The zero-order chi connectivity index (χ0) is 13.4. The minimum absolute atomic E-state index is 0.132. The number of amides is 2. The van der Waals surface area contributed by atoms with E-state index in [-0.39, 0.29) is 18.7 Å². The second-order valence-corrected chi connectivity index (χ2v) is 3.97. The van der Waals surface area contributed by atoms with Gasteiger partial charge in [-0.3, -0.25) is 0 Å². The summed E-state index contributed by atoms with van der Waals surface area (Å²) in [5, 5.41) is 14.6. The molecule has 1 unspecified atom stereocenters. The lowest BCUT2D eigenvalue weighted by atomic mass is 10.0. The van der Waals surface area contributed by atoms with Crippen LogP contribution >= 0.6 is 0 Å². The molecule has 98 valence electrons. The highest BCUT2D eigenvalue weighted by atomic mass is 16.3. The quantitative estimate of drug-likeness (QED) is 0.672. The van der Waals surface area contributed by atoms with E-state index in [0.717, 1.165) is 12.0 Å². The Kier molecular flexibility index (Phi) is 5.94. The number of aliphatic hydroxyl groups is 1. The standard InChI is InChI=1S/C14H20N2O2/c1-3-9-15-14(18)16-13(10-17)12-7-5-11(4-2)6-8-12/h3,5-8,13,17H,1,4,9-10H2,2H3,(H2,15,16,18). The van der Waals surface area contributed by atoms with Crippen LogP contribution in [0.2, 0.25) is 0 Å². The Bertz CT molecular complexity index is 387. The van der Waals surface area contributed by atoms with E-state index in [0.29, 0.717) is 6.54 Å². The number of benzene rings is 1. The van der Waals surface area contributed by atoms with Gasteiger partial charge in [-0.15, -0.1) is 6.58 Å². The summed E-state index contributed by atoms with van der Waals surface area (Å²) in [5.74, 6) is 0. The normalized spacial score (nSPS) is 11.7. The van der Waals surface area contributed by atoms with Gasteiger partial charge in [0.1, 0.15) is 0 Å². The number of hydrogen-bond donors (Lipinski definition) is 3. The van der Waals surface area contributed by atoms with Crippen molar-refractivity contribution in [1.82, 2.24) is 10.6 Å². The summed E-state index contributed by atoms with van der Waals surface area (Å²) in [4.78, 5) is 11.5. The van der Waals surface area contributed by atoms with Crippen LogP contribution in [0.15, 0.2) is 36.9 Å². The fourth-order valence-corrected chi connectivity index (χ4v) is 1.59. The van der Waals surface area contributed by atoms with Gasteiger partial charge in [0.05, 0.1) is 12.6 Å². The molecule has 0 aromatic heterocycles. The highest BCUT2D eigenvalue weighted by Gasteiger charge is 2.12. The van der Waals surface area contributed by atoms with Gasteiger partial charge in [0.2, 0.25) is 0 Å². The van der Waals surface area contributed by atoms with E-state index in [1.807, 2.05) is 24.3 Å². The van der Waals surface area contributed by atoms with Crippen LogP contribution in [0.3, 0.4) is 0 Å². The van der Waals surface area contributed by atoms with Crippen molar-refractivity contribution in [2.45, 2.75) is 19.4 Å². The number of aryl methyl sites for hydroxylation is 1. The number of aliphatic hydroxyl groups excluding tert-OH is 1. The van der Waals surface area contributed by atoms with Crippen molar-refractivity contribution in [3.05, 3.63) is 48.0 Å². The number of carbonyl (C=O) groups is 1. The van der Waals surface area contributed by atoms with Gasteiger partial charge in [0, 0.05) is 6.54 Å². The molecule has 3 N–H and O–H groups in total. The number of nitrogens with one attached hydrogen (secondary N) is 2. The van der Waals surface area contributed by atoms with Crippen molar-refractivity contribution in [2.24, 2.45) is 0 Å². The Morgan fingerprint density at radius 3 is 2.61 bits per heavy atom. The second kappa shape index (κ2) is 7.50. The van der Waals surface area contributed by atoms with Gasteiger partial charge in [0.15, 0.2) is 0 Å². The van der Waals surface area contributed by atoms with E-state index in [1.165, 1.54) is 5.56 Å². The highest BCUT2D eigenvalue weighted by molar-refractivity contribution is 5.74. The number of carbonyl (C=O) groups excluding carboxylic acids is 1. The van der Waals surface area contributed by atoms with Crippen LogP contribution in [0.4, 0.5) is 4.79 Å². The third-order valence-corrected chi connectivity index (χ3v) is 2.69. The molecule has 2 amide bonds. The zero-order valence-corrected chi connectivity index (χ0v) is 10.6. The molecule has 0 spiro atoms. The molecule has 0 radical (unpaired) electrons. The average Bonchev–Trinajstić information content (AvgIpc) is 2.42. The van der Waals surface area contributed by atoms with E-state index in [9.17, 15) is 9.90 Å². The molecule has 4 nitrogen and oxygen atoms in total. The van der Waals surface area contributed by atoms with Crippen molar-refractivity contribution in [1.29, 1.82) is 0 Å². The summed E-state index contributed by atoms with van der Waals surface area (Å²) in [6.45, 7) is 5.87. The highest BCUT2D eigenvalue weighted by Crippen LogP contribution is 2.13. The largest absolute Gasteiger partial charge is 0.394 e. The lowest BCUT2D eigenvalue weighted by molar-refractivity contribution is 0.217. The summed E-state index contributed by atoms with van der Waals surface area (Å²) < 4.78 is 0. The molecule has 0 heterocycles. The van der Waals surface area contributed by atoms with Crippen LogP contribution in [0.25, 0.3) is 0 Å². The SMILES string of the molecule is C=CCNC(=O)NC(CO)c1ccc(CC)cc1. The fraction of sp³-hybridized carbons (Fsp3) is 0.357. The monoisotopic (exact) mass is 248 g/mol. The molecular weight excluding hydrogens is 228 g/mol. The molecule has 4 heteroatoms. The Hall–Kier alpha value is -1.81. The van der Waals surface area contributed by atoms with E-state index >= 15 is 0 Å². The van der Waals surface area contributed by atoms with Gasteiger partial charge in [-0.2, -0.15) is 0 Å². The van der Waals surface area contributed by atoms with Gasteiger partial charge in [-0.1, -0.05) is 37.3 Å². The van der Waals surface area contributed by atoms with Crippen LogP contribution in [0, 0.1) is 0 Å². The van der Waals surface area contributed by atoms with Gasteiger partial charge in [-0.05, 0) is 17.5 Å². The van der Waals surface area contributed by atoms with Crippen LogP contribution in [-0.4, -0.2) is 24.3 Å². The first kappa shape index (κ1) is 14.3. The summed E-state index contributed by atoms with van der Waals surface area (Å²) in [6, 6.07) is 7.15. The van der Waals surface area contributed by atoms with Crippen molar-refractivity contribution >= 4 is 6.03 Å². The van der Waals surface area contributed by atoms with Gasteiger partial charge >= 0.3 is 6.03 Å². The second-order valence-electron chi connectivity index (χ2n) is 3.97. The van der Waals surface area contributed by atoms with Crippen molar-refractivity contribution in [3.8, 4) is 0 Å².